The summed E-state index contributed by atoms with van der Waals surface area (Å²) in [5.74, 6) is 0.830. The fourth-order valence-electron chi connectivity index (χ4n) is 1.43. The molecule has 8 heteroatoms. The highest BCUT2D eigenvalue weighted by molar-refractivity contribution is 14.0. The Balaban J connectivity index is 0.00000400. The molecule has 0 fully saturated rings. The summed E-state index contributed by atoms with van der Waals surface area (Å²) in [5, 5.41) is 3.38. The average molecular weight is 427 g/mol. The van der Waals surface area contributed by atoms with E-state index in [4.69, 9.17) is 22.1 Å². The topological polar surface area (TPSA) is 80.0 Å². The van der Waals surface area contributed by atoms with Crippen molar-refractivity contribution >= 4 is 53.1 Å². The number of anilines is 1. The van der Waals surface area contributed by atoms with E-state index < -0.39 is 0 Å². The van der Waals surface area contributed by atoms with Gasteiger partial charge in [0.15, 0.2) is 5.96 Å². The minimum Gasteiger partial charge on any atom is -0.495 e. The minimum absolute atomic E-state index is 0. The Morgan fingerprint density at radius 2 is 2.14 bits per heavy atom. The van der Waals surface area contributed by atoms with Crippen LogP contribution in [0.4, 0.5) is 5.69 Å². The number of methoxy groups -OCH3 is 1. The van der Waals surface area contributed by atoms with Crippen molar-refractivity contribution in [3.63, 3.8) is 0 Å². The molecule has 0 atom stereocenters. The van der Waals surface area contributed by atoms with Crippen molar-refractivity contribution in [2.24, 2.45) is 10.7 Å². The fraction of sp³-hybridized carbons (Fsp3) is 0.385. The molecule has 118 valence electrons. The molecule has 0 aromatic heterocycles. The summed E-state index contributed by atoms with van der Waals surface area (Å²) in [6.07, 6.45) is 0.318. The molecule has 1 aromatic rings. The summed E-state index contributed by atoms with van der Waals surface area (Å²) in [4.78, 5) is 17.0. The van der Waals surface area contributed by atoms with E-state index in [9.17, 15) is 4.79 Å². The molecule has 0 unspecified atom stereocenters. The molecule has 1 amide bonds. The van der Waals surface area contributed by atoms with Crippen molar-refractivity contribution in [3.05, 3.63) is 23.2 Å². The highest BCUT2D eigenvalue weighted by Crippen LogP contribution is 2.26. The lowest BCUT2D eigenvalue weighted by molar-refractivity contribution is -0.128. The molecule has 0 aliphatic rings. The van der Waals surface area contributed by atoms with Gasteiger partial charge in [-0.15, -0.1) is 24.0 Å². The first kappa shape index (κ1) is 19.8. The van der Waals surface area contributed by atoms with Gasteiger partial charge in [0.2, 0.25) is 5.91 Å². The van der Waals surface area contributed by atoms with Gasteiger partial charge >= 0.3 is 0 Å². The van der Waals surface area contributed by atoms with Crippen LogP contribution in [0.3, 0.4) is 0 Å². The molecule has 0 spiro atoms. The Morgan fingerprint density at radius 1 is 1.48 bits per heavy atom. The van der Waals surface area contributed by atoms with Crippen LogP contribution in [0, 0.1) is 0 Å². The van der Waals surface area contributed by atoms with Gasteiger partial charge in [-0.2, -0.15) is 0 Å². The van der Waals surface area contributed by atoms with E-state index in [2.05, 4.69) is 10.3 Å². The van der Waals surface area contributed by atoms with Crippen LogP contribution in [0.5, 0.6) is 5.75 Å². The number of guanidine groups is 1. The van der Waals surface area contributed by atoms with E-state index in [1.54, 1.807) is 39.4 Å². The molecular formula is C13H20ClIN4O2. The standard InChI is InChI=1S/C13H19ClN4O2.HI/c1-18(2)12(19)6-7-16-13(15)17-9-4-5-11(20-3)10(14)8-9;/h4-5,8H,6-7H2,1-3H3,(H3,15,16,17);1H. The van der Waals surface area contributed by atoms with Gasteiger partial charge in [0.05, 0.1) is 18.7 Å². The Labute approximate surface area is 146 Å². The second-order valence-electron chi connectivity index (χ2n) is 4.28. The Hall–Kier alpha value is -1.22. The monoisotopic (exact) mass is 426 g/mol. The number of ether oxygens (including phenoxy) is 1. The zero-order valence-electron chi connectivity index (χ0n) is 12.2. The SMILES string of the molecule is COc1ccc(NC(N)=NCCC(=O)N(C)C)cc1Cl.I. The predicted molar refractivity (Wildman–Crippen MR) is 96.8 cm³/mol. The molecule has 0 saturated carbocycles. The van der Waals surface area contributed by atoms with Gasteiger partial charge in [-0.3, -0.25) is 9.79 Å². The number of rotatable bonds is 5. The number of carbonyl (C=O) groups excluding carboxylic acids is 1. The van der Waals surface area contributed by atoms with E-state index >= 15 is 0 Å². The minimum atomic E-state index is 0. The lowest BCUT2D eigenvalue weighted by Gasteiger charge is -2.10. The highest BCUT2D eigenvalue weighted by atomic mass is 127. The largest absolute Gasteiger partial charge is 0.495 e. The van der Waals surface area contributed by atoms with Crippen LogP contribution in [-0.4, -0.2) is 44.5 Å². The van der Waals surface area contributed by atoms with Crippen molar-refractivity contribution in [2.45, 2.75) is 6.42 Å². The van der Waals surface area contributed by atoms with Crippen LogP contribution in [0.25, 0.3) is 0 Å². The van der Waals surface area contributed by atoms with Gasteiger partial charge < -0.3 is 20.7 Å². The van der Waals surface area contributed by atoms with Crippen LogP contribution in [0.2, 0.25) is 5.02 Å². The van der Waals surface area contributed by atoms with Crippen LogP contribution in [-0.2, 0) is 4.79 Å². The number of carbonyl (C=O) groups is 1. The molecule has 0 aliphatic heterocycles. The number of aliphatic imine (C=N–C) groups is 1. The number of halogens is 2. The fourth-order valence-corrected chi connectivity index (χ4v) is 1.68. The summed E-state index contributed by atoms with van der Waals surface area (Å²) in [6, 6.07) is 5.19. The molecule has 6 nitrogen and oxygen atoms in total. The first-order valence-corrected chi connectivity index (χ1v) is 6.42. The number of benzene rings is 1. The zero-order valence-corrected chi connectivity index (χ0v) is 15.3. The van der Waals surface area contributed by atoms with E-state index in [1.165, 1.54) is 4.90 Å². The van der Waals surface area contributed by atoms with Crippen LogP contribution >= 0.6 is 35.6 Å². The summed E-state index contributed by atoms with van der Waals surface area (Å²) in [6.45, 7) is 0.333. The number of nitrogens with two attached hydrogens (primary N) is 1. The van der Waals surface area contributed by atoms with Crippen LogP contribution in [0.15, 0.2) is 23.2 Å². The maximum Gasteiger partial charge on any atom is 0.223 e. The van der Waals surface area contributed by atoms with Gasteiger partial charge in [0, 0.05) is 26.2 Å². The van der Waals surface area contributed by atoms with Gasteiger partial charge in [-0.1, -0.05) is 11.6 Å². The summed E-state index contributed by atoms with van der Waals surface area (Å²) in [7, 11) is 4.95. The third-order valence-corrected chi connectivity index (χ3v) is 2.83. The predicted octanol–water partition coefficient (Wildman–Crippen LogP) is 2.17. The molecule has 1 aromatic carbocycles. The van der Waals surface area contributed by atoms with E-state index in [-0.39, 0.29) is 35.8 Å². The van der Waals surface area contributed by atoms with Gasteiger partial charge in [0.1, 0.15) is 5.75 Å². The molecule has 0 aliphatic carbocycles. The van der Waals surface area contributed by atoms with E-state index in [1.807, 2.05) is 0 Å². The maximum atomic E-state index is 11.4. The molecule has 1 rings (SSSR count). The van der Waals surface area contributed by atoms with Crippen LogP contribution in [0.1, 0.15) is 6.42 Å². The second-order valence-corrected chi connectivity index (χ2v) is 4.69. The number of nitrogens with zero attached hydrogens (tertiary/aromatic N) is 2. The van der Waals surface area contributed by atoms with Crippen molar-refractivity contribution < 1.29 is 9.53 Å². The number of hydrogen-bond acceptors (Lipinski definition) is 3. The third-order valence-electron chi connectivity index (χ3n) is 2.53. The quantitative estimate of drug-likeness (QED) is 0.430. The summed E-state index contributed by atoms with van der Waals surface area (Å²) >= 11 is 6.00. The number of hydrogen-bond donors (Lipinski definition) is 2. The van der Waals surface area contributed by atoms with E-state index in [0.29, 0.717) is 29.4 Å². The summed E-state index contributed by atoms with van der Waals surface area (Å²) < 4.78 is 5.06. The second kappa shape index (κ2) is 9.67. The van der Waals surface area contributed by atoms with Gasteiger partial charge in [0.25, 0.3) is 0 Å². The smallest absolute Gasteiger partial charge is 0.223 e. The Kier molecular flexibility index (Phi) is 9.11. The van der Waals surface area contributed by atoms with Crippen molar-refractivity contribution in [1.29, 1.82) is 0 Å². The Morgan fingerprint density at radius 3 is 2.67 bits per heavy atom. The number of amides is 1. The molecule has 3 N–H and O–H groups in total. The lowest BCUT2D eigenvalue weighted by atomic mass is 10.3. The van der Waals surface area contributed by atoms with Gasteiger partial charge in [-0.05, 0) is 18.2 Å². The van der Waals surface area contributed by atoms with Crippen molar-refractivity contribution in [2.75, 3.05) is 33.1 Å². The highest BCUT2D eigenvalue weighted by Gasteiger charge is 2.04. The molecule has 21 heavy (non-hydrogen) atoms. The molecule has 0 heterocycles. The third kappa shape index (κ3) is 6.85. The first-order chi connectivity index (χ1) is 9.43. The Bertz CT molecular complexity index is 509. The first-order valence-electron chi connectivity index (χ1n) is 6.04. The lowest BCUT2D eigenvalue weighted by Crippen LogP contribution is -2.25. The average Bonchev–Trinajstić information content (AvgIpc) is 2.38. The number of nitrogens with one attached hydrogen (secondary N) is 1. The van der Waals surface area contributed by atoms with Crippen molar-refractivity contribution in [3.8, 4) is 5.75 Å². The summed E-state index contributed by atoms with van der Waals surface area (Å²) in [5.41, 5.74) is 6.43. The van der Waals surface area contributed by atoms with Crippen LogP contribution < -0.4 is 15.8 Å². The zero-order chi connectivity index (χ0) is 15.1. The molecule has 0 bridgehead atoms. The van der Waals surface area contributed by atoms with Crippen molar-refractivity contribution in [1.82, 2.24) is 4.90 Å². The van der Waals surface area contributed by atoms with Gasteiger partial charge in [-0.25, -0.2) is 0 Å². The maximum absolute atomic E-state index is 11.4. The van der Waals surface area contributed by atoms with E-state index in [0.717, 1.165) is 0 Å². The normalized spacial score (nSPS) is 10.6. The molecule has 0 saturated heterocycles. The molecular weight excluding hydrogens is 407 g/mol. The molecule has 0 radical (unpaired) electrons.